The zero-order valence-corrected chi connectivity index (χ0v) is 14.3. The summed E-state index contributed by atoms with van der Waals surface area (Å²) in [7, 11) is 0. The van der Waals surface area contributed by atoms with Crippen LogP contribution in [-0.2, 0) is 11.3 Å². The van der Waals surface area contributed by atoms with Crippen LogP contribution in [-0.4, -0.2) is 40.1 Å². The molecule has 1 fully saturated rings. The fourth-order valence-corrected chi connectivity index (χ4v) is 3.36. The van der Waals surface area contributed by atoms with E-state index in [1.807, 2.05) is 13.8 Å². The van der Waals surface area contributed by atoms with Crippen LogP contribution in [0.25, 0.3) is 10.9 Å². The summed E-state index contributed by atoms with van der Waals surface area (Å²) in [6.07, 6.45) is 0.520. The third kappa shape index (κ3) is 2.96. The van der Waals surface area contributed by atoms with Crippen LogP contribution in [0.2, 0.25) is 0 Å². The second-order valence-corrected chi connectivity index (χ2v) is 6.65. The second-order valence-electron chi connectivity index (χ2n) is 6.65. The molecule has 1 unspecified atom stereocenters. The highest BCUT2D eigenvalue weighted by molar-refractivity contribution is 5.88. The van der Waals surface area contributed by atoms with Gasteiger partial charge in [0, 0.05) is 30.7 Å². The number of rotatable bonds is 3. The van der Waals surface area contributed by atoms with Crippen LogP contribution in [0.4, 0.5) is 4.79 Å². The summed E-state index contributed by atoms with van der Waals surface area (Å²) in [5.41, 5.74) is 5.61. The van der Waals surface area contributed by atoms with Gasteiger partial charge < -0.3 is 20.3 Å². The predicted octanol–water partition coefficient (Wildman–Crippen LogP) is 2.71. The van der Waals surface area contributed by atoms with Gasteiger partial charge in [0.15, 0.2) is 0 Å². The summed E-state index contributed by atoms with van der Waals surface area (Å²) < 4.78 is 0. The first-order valence-corrected chi connectivity index (χ1v) is 8.20. The molecule has 3 N–H and O–H groups in total. The summed E-state index contributed by atoms with van der Waals surface area (Å²) in [5, 5.41) is 13.1. The van der Waals surface area contributed by atoms with E-state index in [0.717, 1.165) is 22.3 Å². The summed E-state index contributed by atoms with van der Waals surface area (Å²) in [5.74, 6) is -1.28. The molecule has 128 valence electrons. The molecule has 2 amide bonds. The third-order valence-corrected chi connectivity index (χ3v) is 4.90. The van der Waals surface area contributed by atoms with E-state index >= 15 is 0 Å². The smallest absolute Gasteiger partial charge is 0.317 e. The maximum atomic E-state index is 12.3. The van der Waals surface area contributed by atoms with Gasteiger partial charge in [0.05, 0.1) is 11.4 Å². The molecule has 1 saturated heterocycles. The number of likely N-dealkylation sites (tertiary alicyclic amines) is 1. The number of urea groups is 1. The van der Waals surface area contributed by atoms with Gasteiger partial charge in [-0.15, -0.1) is 0 Å². The molecule has 1 aliphatic heterocycles. The number of hydrogen-bond acceptors (Lipinski definition) is 2. The van der Waals surface area contributed by atoms with E-state index in [2.05, 4.69) is 29.4 Å². The van der Waals surface area contributed by atoms with Crippen molar-refractivity contribution in [2.75, 3.05) is 13.1 Å². The normalized spacial score (nSPS) is 17.5. The molecule has 1 aromatic carbocycles. The Hall–Kier alpha value is -2.50. The number of nitrogens with one attached hydrogen (secondary N) is 2. The molecule has 6 heteroatoms. The Morgan fingerprint density at radius 3 is 2.75 bits per heavy atom. The molecule has 1 aliphatic rings. The highest BCUT2D eigenvalue weighted by Gasteiger charge is 2.30. The number of aromatic nitrogens is 1. The van der Waals surface area contributed by atoms with E-state index in [4.69, 9.17) is 5.11 Å². The van der Waals surface area contributed by atoms with Crippen molar-refractivity contribution in [1.29, 1.82) is 0 Å². The van der Waals surface area contributed by atoms with Gasteiger partial charge in [-0.2, -0.15) is 0 Å². The number of carboxylic acid groups (broad SMARTS) is 1. The monoisotopic (exact) mass is 329 g/mol. The number of nitrogens with zero attached hydrogens (tertiary/aromatic N) is 1. The molecule has 1 aromatic heterocycles. The lowest BCUT2D eigenvalue weighted by atomic mass is 10.0. The third-order valence-electron chi connectivity index (χ3n) is 4.90. The minimum Gasteiger partial charge on any atom is -0.481 e. The van der Waals surface area contributed by atoms with Crippen molar-refractivity contribution in [1.82, 2.24) is 15.2 Å². The van der Waals surface area contributed by atoms with Crippen molar-refractivity contribution in [3.05, 3.63) is 34.5 Å². The van der Waals surface area contributed by atoms with Gasteiger partial charge >= 0.3 is 12.0 Å². The zero-order chi connectivity index (χ0) is 17.4. The van der Waals surface area contributed by atoms with E-state index in [1.165, 1.54) is 10.9 Å². The number of H-pyrrole nitrogens is 1. The maximum absolute atomic E-state index is 12.3. The highest BCUT2D eigenvalue weighted by Crippen LogP contribution is 2.26. The molecule has 24 heavy (non-hydrogen) atoms. The molecule has 0 saturated carbocycles. The van der Waals surface area contributed by atoms with Crippen LogP contribution in [0, 0.1) is 26.7 Å². The molecule has 1 atom stereocenters. The number of aryl methyl sites for hydroxylation is 3. The number of hydrogen-bond donors (Lipinski definition) is 3. The molecule has 0 bridgehead atoms. The lowest BCUT2D eigenvalue weighted by molar-refractivity contribution is -0.141. The first-order valence-electron chi connectivity index (χ1n) is 8.20. The van der Waals surface area contributed by atoms with Crippen molar-refractivity contribution in [3.63, 3.8) is 0 Å². The van der Waals surface area contributed by atoms with Gasteiger partial charge in [0.1, 0.15) is 0 Å². The van der Waals surface area contributed by atoms with Crippen LogP contribution in [0.3, 0.4) is 0 Å². The average molecular weight is 329 g/mol. The number of benzene rings is 1. The second kappa shape index (κ2) is 6.19. The summed E-state index contributed by atoms with van der Waals surface area (Å²) in [6, 6.07) is 4.02. The van der Waals surface area contributed by atoms with Crippen LogP contribution in [0.15, 0.2) is 12.1 Å². The largest absolute Gasteiger partial charge is 0.481 e. The highest BCUT2D eigenvalue weighted by atomic mass is 16.4. The Kier molecular flexibility index (Phi) is 4.22. The molecular formula is C18H23N3O3. The van der Waals surface area contributed by atoms with Crippen LogP contribution in [0.5, 0.6) is 0 Å². The Morgan fingerprint density at radius 1 is 1.33 bits per heavy atom. The van der Waals surface area contributed by atoms with Gasteiger partial charge in [0.25, 0.3) is 0 Å². The van der Waals surface area contributed by atoms with Gasteiger partial charge in [0.2, 0.25) is 0 Å². The summed E-state index contributed by atoms with van der Waals surface area (Å²) in [4.78, 5) is 28.3. The number of carbonyl (C=O) groups is 2. The van der Waals surface area contributed by atoms with E-state index in [0.29, 0.717) is 19.5 Å². The quantitative estimate of drug-likeness (QED) is 0.809. The predicted molar refractivity (Wildman–Crippen MR) is 92.1 cm³/mol. The van der Waals surface area contributed by atoms with Crippen LogP contribution < -0.4 is 5.32 Å². The molecular weight excluding hydrogens is 306 g/mol. The number of carboxylic acids is 1. The van der Waals surface area contributed by atoms with Gasteiger partial charge in [-0.05, 0) is 44.4 Å². The van der Waals surface area contributed by atoms with Crippen molar-refractivity contribution in [2.24, 2.45) is 5.92 Å². The Balaban J connectivity index is 1.73. The zero-order valence-electron chi connectivity index (χ0n) is 14.3. The number of fused-ring (bicyclic) bond motifs is 1. The molecule has 2 aromatic rings. The topological polar surface area (TPSA) is 85.4 Å². The number of aromatic amines is 1. The van der Waals surface area contributed by atoms with Gasteiger partial charge in [-0.3, -0.25) is 4.79 Å². The fraction of sp³-hybridized carbons (Fsp3) is 0.444. The molecule has 3 rings (SSSR count). The minimum atomic E-state index is -0.831. The molecule has 0 aliphatic carbocycles. The average Bonchev–Trinajstić information content (AvgIpc) is 3.12. The number of carbonyl (C=O) groups excluding carboxylic acids is 1. The van der Waals surface area contributed by atoms with E-state index in [1.54, 1.807) is 4.90 Å². The minimum absolute atomic E-state index is 0.201. The van der Waals surface area contributed by atoms with Crippen molar-refractivity contribution >= 4 is 22.9 Å². The molecule has 0 spiro atoms. The molecule has 2 heterocycles. The van der Waals surface area contributed by atoms with Crippen molar-refractivity contribution in [2.45, 2.75) is 33.7 Å². The van der Waals surface area contributed by atoms with E-state index < -0.39 is 11.9 Å². The first kappa shape index (κ1) is 16.4. The molecule has 0 radical (unpaired) electrons. The maximum Gasteiger partial charge on any atom is 0.317 e. The van der Waals surface area contributed by atoms with Gasteiger partial charge in [-0.25, -0.2) is 4.79 Å². The van der Waals surface area contributed by atoms with Gasteiger partial charge in [-0.1, -0.05) is 11.6 Å². The SMILES string of the molecule is Cc1cc(CNC(=O)N2CCC(C(=O)O)C2)c2[nH]c(C)c(C)c2c1. The first-order chi connectivity index (χ1) is 11.4. The van der Waals surface area contributed by atoms with E-state index in [9.17, 15) is 9.59 Å². The number of amides is 2. The Labute approximate surface area is 140 Å². The standard InChI is InChI=1S/C18H23N3O3/c1-10-6-14(16-15(7-10)11(2)12(3)20-16)8-19-18(24)21-5-4-13(9-21)17(22)23/h6-7,13,20H,4-5,8-9H2,1-3H3,(H,19,24)(H,22,23). The summed E-state index contributed by atoms with van der Waals surface area (Å²) in [6.45, 7) is 7.38. The lowest BCUT2D eigenvalue weighted by Crippen LogP contribution is -2.38. The van der Waals surface area contributed by atoms with Crippen LogP contribution >= 0.6 is 0 Å². The van der Waals surface area contributed by atoms with Crippen LogP contribution in [0.1, 0.15) is 28.8 Å². The van der Waals surface area contributed by atoms with Crippen molar-refractivity contribution in [3.8, 4) is 0 Å². The number of aliphatic carboxylic acids is 1. The molecule has 6 nitrogen and oxygen atoms in total. The summed E-state index contributed by atoms with van der Waals surface area (Å²) >= 11 is 0. The van der Waals surface area contributed by atoms with Crippen molar-refractivity contribution < 1.29 is 14.7 Å². The lowest BCUT2D eigenvalue weighted by Gasteiger charge is -2.17. The van der Waals surface area contributed by atoms with E-state index in [-0.39, 0.29) is 12.6 Å². The Morgan fingerprint density at radius 2 is 2.08 bits per heavy atom. The fourth-order valence-electron chi connectivity index (χ4n) is 3.36. The Bertz CT molecular complexity index is 809.